The molecule has 1 aliphatic rings. The van der Waals surface area contributed by atoms with E-state index in [0.29, 0.717) is 18.0 Å². The van der Waals surface area contributed by atoms with E-state index < -0.39 is 10.0 Å². The molecule has 4 aromatic rings. The molecule has 0 saturated carbocycles. The van der Waals surface area contributed by atoms with Crippen molar-refractivity contribution in [2.45, 2.75) is 38.3 Å². The molecular formula is C29H25NO2S. The van der Waals surface area contributed by atoms with Gasteiger partial charge < -0.3 is 0 Å². The summed E-state index contributed by atoms with van der Waals surface area (Å²) in [6, 6.07) is 25.6. The lowest BCUT2D eigenvalue weighted by Gasteiger charge is -2.15. The summed E-state index contributed by atoms with van der Waals surface area (Å²) in [5, 5.41) is 2.14. The van der Waals surface area contributed by atoms with Crippen molar-refractivity contribution in [2.75, 3.05) is 0 Å². The second kappa shape index (κ2) is 8.51. The normalized spacial score (nSPS) is 13.5. The maximum Gasteiger partial charge on any atom is 0.243 e. The van der Waals surface area contributed by atoms with Crippen LogP contribution in [0.25, 0.3) is 10.8 Å². The van der Waals surface area contributed by atoms with Crippen molar-refractivity contribution in [3.05, 3.63) is 112 Å². The molecule has 0 spiro atoms. The van der Waals surface area contributed by atoms with Crippen LogP contribution in [0.5, 0.6) is 0 Å². The van der Waals surface area contributed by atoms with Crippen LogP contribution in [0.4, 0.5) is 0 Å². The van der Waals surface area contributed by atoms with Crippen molar-refractivity contribution >= 4 is 20.8 Å². The minimum absolute atomic E-state index is 0.328. The van der Waals surface area contributed by atoms with Gasteiger partial charge in [0.2, 0.25) is 10.0 Å². The summed E-state index contributed by atoms with van der Waals surface area (Å²) in [5.41, 5.74) is 6.22. The molecule has 0 N–H and O–H groups in total. The summed E-state index contributed by atoms with van der Waals surface area (Å²) in [6.45, 7) is 4.77. The van der Waals surface area contributed by atoms with Crippen molar-refractivity contribution in [1.82, 2.24) is 4.31 Å². The topological polar surface area (TPSA) is 37.4 Å². The van der Waals surface area contributed by atoms with Gasteiger partial charge in [-0.3, -0.25) is 0 Å². The highest BCUT2D eigenvalue weighted by molar-refractivity contribution is 7.89. The quantitative estimate of drug-likeness (QED) is 0.368. The fourth-order valence-corrected chi connectivity index (χ4v) is 5.71. The van der Waals surface area contributed by atoms with Gasteiger partial charge in [0.25, 0.3) is 0 Å². The molecule has 0 atom stereocenters. The average Bonchev–Trinajstić information content (AvgIpc) is 3.27. The average molecular weight is 452 g/mol. The molecule has 0 bridgehead atoms. The lowest BCUT2D eigenvalue weighted by Crippen LogP contribution is -2.25. The maximum atomic E-state index is 13.3. The Morgan fingerprint density at radius 1 is 0.879 bits per heavy atom. The molecule has 4 aromatic carbocycles. The highest BCUT2D eigenvalue weighted by Gasteiger charge is 2.32. The van der Waals surface area contributed by atoms with Gasteiger partial charge in [-0.15, -0.1) is 0 Å². The Morgan fingerprint density at radius 3 is 2.33 bits per heavy atom. The standard InChI is InChI=1S/C29H25NO2S/c1-3-22-10-12-23(13-11-22)14-17-28-27-7-5-4-6-24(27)18-25-19-30(20-29(25)28)33(31,32)26-15-8-21(2)9-16-26/h4-13,15-16,18H,3,19-20H2,1-2H3. The molecule has 5 rings (SSSR count). The molecular weight excluding hydrogens is 426 g/mol. The summed E-state index contributed by atoms with van der Waals surface area (Å²) in [4.78, 5) is 0.328. The zero-order valence-electron chi connectivity index (χ0n) is 18.8. The second-order valence-corrected chi connectivity index (χ2v) is 10.4. The van der Waals surface area contributed by atoms with Crippen LogP contribution in [-0.2, 0) is 29.5 Å². The summed E-state index contributed by atoms with van der Waals surface area (Å²) in [7, 11) is -3.59. The molecule has 0 aliphatic carbocycles. The van der Waals surface area contributed by atoms with Gasteiger partial charge in [-0.2, -0.15) is 4.31 Å². The molecule has 0 fully saturated rings. The van der Waals surface area contributed by atoms with Crippen LogP contribution in [0.15, 0.2) is 83.8 Å². The molecule has 0 saturated heterocycles. The highest BCUT2D eigenvalue weighted by atomic mass is 32.2. The minimum atomic E-state index is -3.59. The van der Waals surface area contributed by atoms with Gasteiger partial charge in [0, 0.05) is 24.2 Å². The zero-order valence-corrected chi connectivity index (χ0v) is 19.6. The van der Waals surface area contributed by atoms with Crippen LogP contribution in [0.1, 0.15) is 40.3 Å². The fourth-order valence-electron chi connectivity index (χ4n) is 4.32. The van der Waals surface area contributed by atoms with E-state index >= 15 is 0 Å². The van der Waals surface area contributed by atoms with Crippen molar-refractivity contribution in [3.8, 4) is 11.8 Å². The molecule has 4 heteroatoms. The van der Waals surface area contributed by atoms with Crippen molar-refractivity contribution in [1.29, 1.82) is 0 Å². The van der Waals surface area contributed by atoms with Gasteiger partial charge in [0.15, 0.2) is 0 Å². The smallest absolute Gasteiger partial charge is 0.207 e. The third-order valence-electron chi connectivity index (χ3n) is 6.28. The van der Waals surface area contributed by atoms with E-state index in [1.807, 2.05) is 43.3 Å². The zero-order chi connectivity index (χ0) is 23.0. The summed E-state index contributed by atoms with van der Waals surface area (Å²) in [5.74, 6) is 6.70. The summed E-state index contributed by atoms with van der Waals surface area (Å²) >= 11 is 0. The SMILES string of the molecule is CCc1ccc(C#Cc2c3c(cc4ccccc24)CN(S(=O)(=O)c2ccc(C)cc2)C3)cc1. The van der Waals surface area contributed by atoms with Gasteiger partial charge in [0.05, 0.1) is 4.90 Å². The number of nitrogens with zero attached hydrogens (tertiary/aromatic N) is 1. The molecule has 33 heavy (non-hydrogen) atoms. The maximum absolute atomic E-state index is 13.3. The van der Waals surface area contributed by atoms with Crippen molar-refractivity contribution in [2.24, 2.45) is 0 Å². The van der Waals surface area contributed by atoms with E-state index in [0.717, 1.165) is 45.0 Å². The van der Waals surface area contributed by atoms with Gasteiger partial charge >= 0.3 is 0 Å². The highest BCUT2D eigenvalue weighted by Crippen LogP contribution is 2.35. The van der Waals surface area contributed by atoms with E-state index in [2.05, 4.69) is 49.1 Å². The van der Waals surface area contributed by atoms with Crippen LogP contribution in [0, 0.1) is 18.8 Å². The first-order valence-electron chi connectivity index (χ1n) is 11.2. The van der Waals surface area contributed by atoms with Crippen LogP contribution in [0.3, 0.4) is 0 Å². The minimum Gasteiger partial charge on any atom is -0.207 e. The predicted octanol–water partition coefficient (Wildman–Crippen LogP) is 5.81. The molecule has 3 nitrogen and oxygen atoms in total. The molecule has 0 aromatic heterocycles. The van der Waals surface area contributed by atoms with Crippen molar-refractivity contribution in [3.63, 3.8) is 0 Å². The Balaban J connectivity index is 1.58. The number of rotatable bonds is 3. The van der Waals surface area contributed by atoms with Crippen molar-refractivity contribution < 1.29 is 8.42 Å². The van der Waals surface area contributed by atoms with Gasteiger partial charge in [-0.1, -0.05) is 72.9 Å². The molecule has 0 unspecified atom stereocenters. The van der Waals surface area contributed by atoms with Gasteiger partial charge in [0.1, 0.15) is 0 Å². The Morgan fingerprint density at radius 2 is 1.61 bits per heavy atom. The Hall–Kier alpha value is -3.39. The van der Waals surface area contributed by atoms with Gasteiger partial charge in [-0.05, 0) is 71.1 Å². The van der Waals surface area contributed by atoms with E-state index in [4.69, 9.17) is 0 Å². The molecule has 164 valence electrons. The first-order chi connectivity index (χ1) is 16.0. The second-order valence-electron chi connectivity index (χ2n) is 8.50. The molecule has 0 amide bonds. The number of hydrogen-bond acceptors (Lipinski definition) is 2. The number of aryl methyl sites for hydroxylation is 2. The summed E-state index contributed by atoms with van der Waals surface area (Å²) in [6.07, 6.45) is 0.996. The van der Waals surface area contributed by atoms with Crippen LogP contribution in [-0.4, -0.2) is 12.7 Å². The van der Waals surface area contributed by atoms with E-state index in [1.165, 1.54) is 5.56 Å². The Bertz CT molecular complexity index is 1510. The molecule has 1 aliphatic heterocycles. The third-order valence-corrected chi connectivity index (χ3v) is 8.09. The number of sulfonamides is 1. The summed E-state index contributed by atoms with van der Waals surface area (Å²) < 4.78 is 28.3. The largest absolute Gasteiger partial charge is 0.243 e. The monoisotopic (exact) mass is 451 g/mol. The van der Waals surface area contributed by atoms with Crippen LogP contribution >= 0.6 is 0 Å². The first-order valence-corrected chi connectivity index (χ1v) is 12.6. The van der Waals surface area contributed by atoms with E-state index in [1.54, 1.807) is 16.4 Å². The fraction of sp³-hybridized carbons (Fsp3) is 0.172. The number of benzene rings is 4. The number of fused-ring (bicyclic) bond motifs is 2. The van der Waals surface area contributed by atoms with Crippen LogP contribution in [0.2, 0.25) is 0 Å². The Labute approximate surface area is 195 Å². The van der Waals surface area contributed by atoms with Crippen LogP contribution < -0.4 is 0 Å². The first kappa shape index (κ1) is 21.5. The lowest BCUT2D eigenvalue weighted by molar-refractivity contribution is 0.431. The molecule has 1 heterocycles. The third kappa shape index (κ3) is 4.06. The van der Waals surface area contributed by atoms with Gasteiger partial charge in [-0.25, -0.2) is 8.42 Å². The Kier molecular flexibility index (Phi) is 5.54. The van der Waals surface area contributed by atoms with E-state index in [9.17, 15) is 8.42 Å². The van der Waals surface area contributed by atoms with E-state index in [-0.39, 0.29) is 0 Å². The predicted molar refractivity (Wildman–Crippen MR) is 133 cm³/mol. The lowest BCUT2D eigenvalue weighted by atomic mass is 9.95. The molecule has 0 radical (unpaired) electrons. The number of hydrogen-bond donors (Lipinski definition) is 0.